The Morgan fingerprint density at radius 3 is 2.93 bits per heavy atom. The quantitative estimate of drug-likeness (QED) is 0.802. The summed E-state index contributed by atoms with van der Waals surface area (Å²) in [4.78, 5) is 0. The van der Waals surface area contributed by atoms with Crippen LogP contribution in [0.15, 0.2) is 18.2 Å². The van der Waals surface area contributed by atoms with Gasteiger partial charge in [0.15, 0.2) is 3.95 Å². The van der Waals surface area contributed by atoms with Crippen molar-refractivity contribution in [1.82, 2.24) is 10.2 Å². The molecule has 0 radical (unpaired) electrons. The third-order valence-electron chi connectivity index (χ3n) is 1.87. The molecule has 78 valence electrons. The number of benzene rings is 1. The van der Waals surface area contributed by atoms with Gasteiger partial charge in [0.05, 0.1) is 0 Å². The molecule has 1 heterocycles. The third kappa shape index (κ3) is 2.56. The van der Waals surface area contributed by atoms with Crippen molar-refractivity contribution in [3.05, 3.63) is 32.7 Å². The van der Waals surface area contributed by atoms with E-state index in [0.29, 0.717) is 3.95 Å². The molecule has 3 nitrogen and oxygen atoms in total. The summed E-state index contributed by atoms with van der Waals surface area (Å²) in [5, 5.41) is 11.4. The van der Waals surface area contributed by atoms with Crippen molar-refractivity contribution in [3.8, 4) is 0 Å². The molecule has 0 fully saturated rings. The Morgan fingerprint density at radius 1 is 1.53 bits per heavy atom. The fourth-order valence-electron chi connectivity index (χ4n) is 1.17. The number of hydrogen-bond acceptors (Lipinski definition) is 4. The van der Waals surface area contributed by atoms with Crippen LogP contribution in [-0.2, 0) is 0 Å². The molecule has 6 heteroatoms. The lowest BCUT2D eigenvalue weighted by Gasteiger charge is -2.05. The van der Waals surface area contributed by atoms with E-state index < -0.39 is 0 Å². The first-order valence-electron chi connectivity index (χ1n) is 4.24. The minimum atomic E-state index is 0.657. The SMILES string of the molecule is Cc1cc(Cl)ccc1Nc1n[nH]c(=S)s1. The molecule has 0 aliphatic carbocycles. The summed E-state index contributed by atoms with van der Waals surface area (Å²) in [6.07, 6.45) is 0. The predicted molar refractivity (Wildman–Crippen MR) is 66.8 cm³/mol. The lowest BCUT2D eigenvalue weighted by atomic mass is 10.2. The van der Waals surface area contributed by atoms with Crippen LogP contribution in [0.2, 0.25) is 5.02 Å². The van der Waals surface area contributed by atoms with Gasteiger partial charge in [0, 0.05) is 10.7 Å². The zero-order valence-electron chi connectivity index (χ0n) is 7.87. The fraction of sp³-hybridized carbons (Fsp3) is 0.111. The van der Waals surface area contributed by atoms with Crippen molar-refractivity contribution < 1.29 is 0 Å². The van der Waals surface area contributed by atoms with Crippen LogP contribution in [0.3, 0.4) is 0 Å². The zero-order chi connectivity index (χ0) is 10.8. The maximum atomic E-state index is 5.86. The van der Waals surface area contributed by atoms with E-state index in [-0.39, 0.29) is 0 Å². The van der Waals surface area contributed by atoms with E-state index in [9.17, 15) is 0 Å². The highest BCUT2D eigenvalue weighted by molar-refractivity contribution is 7.73. The van der Waals surface area contributed by atoms with Crippen LogP contribution in [0.4, 0.5) is 10.8 Å². The average Bonchev–Trinajstić information content (AvgIpc) is 2.56. The number of nitrogens with zero attached hydrogens (tertiary/aromatic N) is 1. The first-order valence-corrected chi connectivity index (χ1v) is 5.84. The second-order valence-electron chi connectivity index (χ2n) is 3.00. The number of anilines is 2. The Morgan fingerprint density at radius 2 is 2.33 bits per heavy atom. The fourth-order valence-corrected chi connectivity index (χ4v) is 2.19. The Balaban J connectivity index is 2.28. The molecule has 0 saturated heterocycles. The predicted octanol–water partition coefficient (Wildman–Crippen LogP) is 3.91. The van der Waals surface area contributed by atoms with Gasteiger partial charge in [-0.05, 0) is 42.9 Å². The highest BCUT2D eigenvalue weighted by Gasteiger charge is 2.01. The van der Waals surface area contributed by atoms with E-state index in [1.165, 1.54) is 11.3 Å². The molecule has 1 aromatic heterocycles. The minimum absolute atomic E-state index is 0.657. The van der Waals surface area contributed by atoms with Gasteiger partial charge in [-0.2, -0.15) is 0 Å². The number of nitrogens with one attached hydrogen (secondary N) is 2. The van der Waals surface area contributed by atoms with Crippen LogP contribution >= 0.6 is 35.2 Å². The minimum Gasteiger partial charge on any atom is -0.330 e. The largest absolute Gasteiger partial charge is 0.330 e. The number of aromatic amines is 1. The van der Waals surface area contributed by atoms with Gasteiger partial charge in [-0.15, -0.1) is 5.10 Å². The van der Waals surface area contributed by atoms with Crippen molar-refractivity contribution in [2.45, 2.75) is 6.92 Å². The van der Waals surface area contributed by atoms with Gasteiger partial charge >= 0.3 is 0 Å². The number of halogens is 1. The summed E-state index contributed by atoms with van der Waals surface area (Å²) >= 11 is 12.2. The maximum Gasteiger partial charge on any atom is 0.208 e. The lowest BCUT2D eigenvalue weighted by molar-refractivity contribution is 1.08. The Kier molecular flexibility index (Phi) is 3.04. The molecule has 0 aliphatic heterocycles. The molecular formula is C9H8ClN3S2. The first-order chi connectivity index (χ1) is 7.15. The summed E-state index contributed by atoms with van der Waals surface area (Å²) in [6.45, 7) is 1.99. The number of aromatic nitrogens is 2. The molecule has 0 spiro atoms. The zero-order valence-corrected chi connectivity index (χ0v) is 10.3. The molecule has 0 amide bonds. The van der Waals surface area contributed by atoms with Crippen LogP contribution in [0.25, 0.3) is 0 Å². The summed E-state index contributed by atoms with van der Waals surface area (Å²) < 4.78 is 0.657. The number of rotatable bonds is 2. The third-order valence-corrected chi connectivity index (χ3v) is 3.11. The summed E-state index contributed by atoms with van der Waals surface area (Å²) in [5.74, 6) is 0. The van der Waals surface area contributed by atoms with Crippen molar-refractivity contribution >= 4 is 46.0 Å². The van der Waals surface area contributed by atoms with Gasteiger partial charge in [-0.25, -0.2) is 0 Å². The monoisotopic (exact) mass is 257 g/mol. The Labute approximate surface area is 101 Å². The van der Waals surface area contributed by atoms with Crippen molar-refractivity contribution in [2.75, 3.05) is 5.32 Å². The van der Waals surface area contributed by atoms with Crippen molar-refractivity contribution in [2.24, 2.45) is 0 Å². The molecule has 0 unspecified atom stereocenters. The molecule has 2 N–H and O–H groups in total. The Bertz CT molecular complexity index is 532. The first kappa shape index (κ1) is 10.6. The molecular weight excluding hydrogens is 250 g/mol. The molecule has 2 aromatic rings. The molecule has 0 atom stereocenters. The molecule has 2 rings (SSSR count). The maximum absolute atomic E-state index is 5.86. The molecule has 0 saturated carbocycles. The standard InChI is InChI=1S/C9H8ClN3S2/c1-5-4-6(10)2-3-7(5)11-8-12-13-9(14)15-8/h2-4H,1H3,(H,11,12)(H,13,14). The number of hydrogen-bond donors (Lipinski definition) is 2. The van der Waals surface area contributed by atoms with E-state index in [4.69, 9.17) is 23.8 Å². The van der Waals surface area contributed by atoms with E-state index in [0.717, 1.165) is 21.4 Å². The Hall–Kier alpha value is -0.910. The topological polar surface area (TPSA) is 40.7 Å². The van der Waals surface area contributed by atoms with Crippen LogP contribution in [0, 0.1) is 10.9 Å². The van der Waals surface area contributed by atoms with E-state index >= 15 is 0 Å². The van der Waals surface area contributed by atoms with Crippen LogP contribution in [-0.4, -0.2) is 10.2 Å². The molecule has 1 aromatic carbocycles. The van der Waals surface area contributed by atoms with Gasteiger partial charge in [0.2, 0.25) is 5.13 Å². The summed E-state index contributed by atoms with van der Waals surface area (Å²) in [7, 11) is 0. The van der Waals surface area contributed by atoms with E-state index in [1.807, 2.05) is 25.1 Å². The van der Waals surface area contributed by atoms with E-state index in [1.54, 1.807) is 0 Å². The van der Waals surface area contributed by atoms with Crippen molar-refractivity contribution in [3.63, 3.8) is 0 Å². The van der Waals surface area contributed by atoms with Gasteiger partial charge in [-0.1, -0.05) is 22.9 Å². The lowest BCUT2D eigenvalue weighted by Crippen LogP contribution is -1.92. The van der Waals surface area contributed by atoms with Crippen LogP contribution < -0.4 is 5.32 Å². The normalized spacial score (nSPS) is 10.3. The highest BCUT2D eigenvalue weighted by atomic mass is 35.5. The highest BCUT2D eigenvalue weighted by Crippen LogP contribution is 2.24. The molecule has 0 bridgehead atoms. The van der Waals surface area contributed by atoms with Gasteiger partial charge in [0.1, 0.15) is 0 Å². The van der Waals surface area contributed by atoms with Gasteiger partial charge in [-0.3, -0.25) is 5.10 Å². The smallest absolute Gasteiger partial charge is 0.208 e. The van der Waals surface area contributed by atoms with Gasteiger partial charge < -0.3 is 5.32 Å². The molecule has 0 aliphatic rings. The average molecular weight is 258 g/mol. The van der Waals surface area contributed by atoms with Gasteiger partial charge in [0.25, 0.3) is 0 Å². The number of H-pyrrole nitrogens is 1. The second-order valence-corrected chi connectivity index (χ2v) is 5.10. The van der Waals surface area contributed by atoms with Crippen molar-refractivity contribution in [1.29, 1.82) is 0 Å². The summed E-state index contributed by atoms with van der Waals surface area (Å²) in [6, 6.07) is 5.65. The summed E-state index contributed by atoms with van der Waals surface area (Å²) in [5.41, 5.74) is 2.06. The van der Waals surface area contributed by atoms with E-state index in [2.05, 4.69) is 15.5 Å². The second kappa shape index (κ2) is 4.30. The van der Waals surface area contributed by atoms with Crippen LogP contribution in [0.5, 0.6) is 0 Å². The molecule has 15 heavy (non-hydrogen) atoms. The number of aryl methyl sites for hydroxylation is 1. The van der Waals surface area contributed by atoms with Crippen LogP contribution in [0.1, 0.15) is 5.56 Å².